The van der Waals surface area contributed by atoms with Crippen LogP contribution in [-0.2, 0) is 9.53 Å². The topological polar surface area (TPSA) is 55.8 Å². The van der Waals surface area contributed by atoms with Gasteiger partial charge in [0.15, 0.2) is 0 Å². The first-order valence-electron chi connectivity index (χ1n) is 6.47. The molecule has 2 atom stereocenters. The molecule has 1 aromatic rings. The van der Waals surface area contributed by atoms with Crippen LogP contribution >= 0.6 is 0 Å². The van der Waals surface area contributed by atoms with Crippen LogP contribution in [0.5, 0.6) is 5.75 Å². The van der Waals surface area contributed by atoms with Crippen molar-refractivity contribution in [1.82, 2.24) is 0 Å². The van der Waals surface area contributed by atoms with Gasteiger partial charge in [-0.15, -0.1) is 0 Å². The number of benzene rings is 1. The highest BCUT2D eigenvalue weighted by atomic mass is 16.5. The van der Waals surface area contributed by atoms with Crippen LogP contribution < -0.4 is 4.74 Å². The normalized spacial score (nSPS) is 13.7. The molecular formula is C15H22O4. The van der Waals surface area contributed by atoms with Gasteiger partial charge in [0.25, 0.3) is 0 Å². The van der Waals surface area contributed by atoms with E-state index in [4.69, 9.17) is 9.84 Å². The van der Waals surface area contributed by atoms with Crippen molar-refractivity contribution in [2.45, 2.75) is 26.2 Å². The molecule has 0 heterocycles. The number of carbonyl (C=O) groups is 1. The molecule has 106 valence electrons. The van der Waals surface area contributed by atoms with Gasteiger partial charge in [-0.2, -0.15) is 0 Å². The number of esters is 1. The van der Waals surface area contributed by atoms with Gasteiger partial charge in [0.1, 0.15) is 5.75 Å². The molecule has 0 aliphatic rings. The fraction of sp³-hybridized carbons (Fsp3) is 0.533. The number of hydrogen-bond acceptors (Lipinski definition) is 4. The molecule has 0 radical (unpaired) electrons. The predicted molar refractivity (Wildman–Crippen MR) is 73.2 cm³/mol. The van der Waals surface area contributed by atoms with Crippen molar-refractivity contribution in [2.24, 2.45) is 5.92 Å². The Bertz CT molecular complexity index is 386. The predicted octanol–water partition coefficient (Wildman–Crippen LogP) is 2.36. The van der Waals surface area contributed by atoms with E-state index in [1.807, 2.05) is 38.1 Å². The van der Waals surface area contributed by atoms with Crippen LogP contribution in [0.4, 0.5) is 0 Å². The lowest BCUT2D eigenvalue weighted by molar-refractivity contribution is -0.140. The molecule has 0 saturated carbocycles. The molecule has 1 N–H and O–H groups in total. The summed E-state index contributed by atoms with van der Waals surface area (Å²) in [4.78, 5) is 11.2. The Morgan fingerprint density at radius 3 is 2.42 bits per heavy atom. The minimum Gasteiger partial charge on any atom is -0.493 e. The van der Waals surface area contributed by atoms with Gasteiger partial charge in [0.05, 0.1) is 20.1 Å². The number of carbonyl (C=O) groups excluding carboxylic acids is 1. The number of methoxy groups -OCH3 is 1. The van der Waals surface area contributed by atoms with Crippen LogP contribution in [0.1, 0.15) is 31.7 Å². The zero-order valence-corrected chi connectivity index (χ0v) is 11.8. The lowest BCUT2D eigenvalue weighted by atomic mass is 9.98. The van der Waals surface area contributed by atoms with E-state index in [1.165, 1.54) is 7.11 Å². The van der Waals surface area contributed by atoms with Crippen molar-refractivity contribution in [1.29, 1.82) is 0 Å². The summed E-state index contributed by atoms with van der Waals surface area (Å²) in [5, 5.41) is 8.91. The summed E-state index contributed by atoms with van der Waals surface area (Å²) < 4.78 is 10.2. The summed E-state index contributed by atoms with van der Waals surface area (Å²) in [6.45, 7) is 4.52. The fourth-order valence-electron chi connectivity index (χ4n) is 1.63. The van der Waals surface area contributed by atoms with Gasteiger partial charge in [-0.05, 0) is 23.6 Å². The molecular weight excluding hydrogens is 244 g/mol. The summed E-state index contributed by atoms with van der Waals surface area (Å²) in [7, 11) is 1.40. The molecule has 0 aliphatic heterocycles. The summed E-state index contributed by atoms with van der Waals surface area (Å²) >= 11 is 0. The van der Waals surface area contributed by atoms with E-state index in [1.54, 1.807) is 0 Å². The van der Waals surface area contributed by atoms with E-state index in [-0.39, 0.29) is 24.4 Å². The van der Waals surface area contributed by atoms with Crippen LogP contribution in [0.2, 0.25) is 0 Å². The number of rotatable bonds is 7. The quantitative estimate of drug-likeness (QED) is 0.770. The molecule has 1 aromatic carbocycles. The van der Waals surface area contributed by atoms with Gasteiger partial charge < -0.3 is 14.6 Å². The molecule has 4 heteroatoms. The highest BCUT2D eigenvalue weighted by Gasteiger charge is 2.11. The maximum absolute atomic E-state index is 11.2. The van der Waals surface area contributed by atoms with E-state index in [0.29, 0.717) is 13.0 Å². The molecule has 2 unspecified atom stereocenters. The number of aliphatic hydroxyl groups excluding tert-OH is 1. The van der Waals surface area contributed by atoms with Gasteiger partial charge in [-0.1, -0.05) is 26.0 Å². The number of aliphatic hydroxyl groups is 1. The minimum atomic E-state index is -0.204. The molecule has 1 rings (SSSR count). The van der Waals surface area contributed by atoms with Crippen LogP contribution in [0.25, 0.3) is 0 Å². The zero-order chi connectivity index (χ0) is 14.3. The standard InChI is InChI=1S/C15H22O4/c1-11(9-16)10-19-14-6-4-13(5-7-14)12(2)8-15(17)18-3/h4-7,11-12,16H,8-10H2,1-3H3. The van der Waals surface area contributed by atoms with Crippen LogP contribution in [0, 0.1) is 5.92 Å². The second kappa shape index (κ2) is 7.79. The van der Waals surface area contributed by atoms with E-state index in [2.05, 4.69) is 4.74 Å². The van der Waals surface area contributed by atoms with Crippen LogP contribution in [0.15, 0.2) is 24.3 Å². The maximum atomic E-state index is 11.2. The average molecular weight is 266 g/mol. The number of ether oxygens (including phenoxy) is 2. The Hall–Kier alpha value is -1.55. The first kappa shape index (κ1) is 15.5. The van der Waals surface area contributed by atoms with Crippen molar-refractivity contribution >= 4 is 5.97 Å². The Balaban J connectivity index is 2.53. The molecule has 0 aromatic heterocycles. The molecule has 4 nitrogen and oxygen atoms in total. The van der Waals surface area contributed by atoms with Crippen molar-refractivity contribution in [3.63, 3.8) is 0 Å². The minimum absolute atomic E-state index is 0.119. The Morgan fingerprint density at radius 2 is 1.89 bits per heavy atom. The first-order chi connectivity index (χ1) is 9.06. The maximum Gasteiger partial charge on any atom is 0.306 e. The van der Waals surface area contributed by atoms with Gasteiger partial charge in [0, 0.05) is 12.5 Å². The lowest BCUT2D eigenvalue weighted by Crippen LogP contribution is -2.12. The Kier molecular flexibility index (Phi) is 6.36. The molecule has 0 fully saturated rings. The SMILES string of the molecule is COC(=O)CC(C)c1ccc(OCC(C)CO)cc1. The van der Waals surface area contributed by atoms with Gasteiger partial charge >= 0.3 is 5.97 Å². The lowest BCUT2D eigenvalue weighted by Gasteiger charge is -2.13. The molecule has 19 heavy (non-hydrogen) atoms. The van der Waals surface area contributed by atoms with E-state index < -0.39 is 0 Å². The van der Waals surface area contributed by atoms with Gasteiger partial charge in [0.2, 0.25) is 0 Å². The number of hydrogen-bond donors (Lipinski definition) is 1. The van der Waals surface area contributed by atoms with E-state index in [0.717, 1.165) is 11.3 Å². The summed E-state index contributed by atoms with van der Waals surface area (Å²) in [6, 6.07) is 7.67. The monoisotopic (exact) mass is 266 g/mol. The third-order valence-corrected chi connectivity index (χ3v) is 3.00. The second-order valence-corrected chi connectivity index (χ2v) is 4.85. The highest BCUT2D eigenvalue weighted by Crippen LogP contribution is 2.22. The first-order valence-corrected chi connectivity index (χ1v) is 6.47. The fourth-order valence-corrected chi connectivity index (χ4v) is 1.63. The van der Waals surface area contributed by atoms with Crippen molar-refractivity contribution < 1.29 is 19.4 Å². The Labute approximate surface area is 114 Å². The third-order valence-electron chi connectivity index (χ3n) is 3.00. The van der Waals surface area contributed by atoms with Crippen molar-refractivity contribution in [2.75, 3.05) is 20.3 Å². The highest BCUT2D eigenvalue weighted by molar-refractivity contribution is 5.70. The molecule has 0 spiro atoms. The van der Waals surface area contributed by atoms with Gasteiger partial charge in [-0.25, -0.2) is 0 Å². The zero-order valence-electron chi connectivity index (χ0n) is 11.8. The summed E-state index contributed by atoms with van der Waals surface area (Å²) in [5.74, 6) is 0.815. The molecule has 0 bridgehead atoms. The van der Waals surface area contributed by atoms with Gasteiger partial charge in [-0.3, -0.25) is 4.79 Å². The molecule has 0 aliphatic carbocycles. The molecule has 0 saturated heterocycles. The van der Waals surface area contributed by atoms with Crippen LogP contribution in [0.3, 0.4) is 0 Å². The average Bonchev–Trinajstić information content (AvgIpc) is 2.44. The van der Waals surface area contributed by atoms with E-state index >= 15 is 0 Å². The largest absolute Gasteiger partial charge is 0.493 e. The second-order valence-electron chi connectivity index (χ2n) is 4.85. The summed E-state index contributed by atoms with van der Waals surface area (Å²) in [5.41, 5.74) is 1.08. The molecule has 0 amide bonds. The Morgan fingerprint density at radius 1 is 1.26 bits per heavy atom. The smallest absolute Gasteiger partial charge is 0.306 e. The summed E-state index contributed by atoms with van der Waals surface area (Å²) in [6.07, 6.45) is 0.373. The van der Waals surface area contributed by atoms with E-state index in [9.17, 15) is 4.79 Å². The van der Waals surface area contributed by atoms with Crippen LogP contribution in [-0.4, -0.2) is 31.4 Å². The van der Waals surface area contributed by atoms with Crippen molar-refractivity contribution in [3.8, 4) is 5.75 Å². The third kappa shape index (κ3) is 5.30. The van der Waals surface area contributed by atoms with Crippen molar-refractivity contribution in [3.05, 3.63) is 29.8 Å².